The van der Waals surface area contributed by atoms with Gasteiger partial charge in [0.2, 0.25) is 0 Å². The lowest BCUT2D eigenvalue weighted by Gasteiger charge is -2.34. The minimum absolute atomic E-state index is 0.113. The molecule has 1 N–H and O–H groups in total. The molecule has 0 spiro atoms. The first-order valence-corrected chi connectivity index (χ1v) is 11.2. The van der Waals surface area contributed by atoms with Gasteiger partial charge in [-0.15, -0.1) is 0 Å². The Bertz CT molecular complexity index is 988. The molecule has 2 heterocycles. The molecule has 1 atom stereocenters. The largest absolute Gasteiger partial charge is 0.445 e. The van der Waals surface area contributed by atoms with Gasteiger partial charge in [-0.2, -0.15) is 0 Å². The fourth-order valence-electron chi connectivity index (χ4n) is 3.89. The quantitative estimate of drug-likeness (QED) is 0.501. The minimum Gasteiger partial charge on any atom is -0.445 e. The van der Waals surface area contributed by atoms with Gasteiger partial charge in [-0.1, -0.05) is 35.3 Å². The lowest BCUT2D eigenvalue weighted by atomic mass is 10.0. The Morgan fingerprint density at radius 2 is 1.81 bits per heavy atom. The van der Waals surface area contributed by atoms with Crippen molar-refractivity contribution in [2.75, 3.05) is 32.7 Å². The standard InChI is InChI=1S/C23H24Cl2N2O5/c24-18-9-15(10-19(25)13-18)14-31-23(30)27-7-5-26(6-8-27)4-3-20(28)16-1-2-17-12-22(29)32-21(17)11-16/h1-2,9-11,13,20,28H,3-8,12,14H2. The van der Waals surface area contributed by atoms with Gasteiger partial charge in [0.1, 0.15) is 12.4 Å². The molecule has 7 nitrogen and oxygen atoms in total. The maximum atomic E-state index is 12.4. The topological polar surface area (TPSA) is 79.3 Å². The van der Waals surface area contributed by atoms with Crippen molar-refractivity contribution in [2.45, 2.75) is 25.6 Å². The fraction of sp³-hybridized carbons (Fsp3) is 0.391. The summed E-state index contributed by atoms with van der Waals surface area (Å²) in [6.45, 7) is 3.32. The number of rotatable bonds is 6. The van der Waals surface area contributed by atoms with Crippen molar-refractivity contribution in [3.8, 4) is 5.75 Å². The molecule has 32 heavy (non-hydrogen) atoms. The molecule has 2 aromatic carbocycles. The average molecular weight is 479 g/mol. The highest BCUT2D eigenvalue weighted by Gasteiger charge is 2.24. The molecule has 2 aliphatic heterocycles. The number of aliphatic hydroxyl groups excluding tert-OH is 1. The number of nitrogens with zero attached hydrogens (tertiary/aromatic N) is 2. The van der Waals surface area contributed by atoms with E-state index >= 15 is 0 Å². The van der Waals surface area contributed by atoms with Crippen molar-refractivity contribution < 1.29 is 24.2 Å². The fourth-order valence-corrected chi connectivity index (χ4v) is 4.46. The van der Waals surface area contributed by atoms with E-state index in [1.807, 2.05) is 12.1 Å². The van der Waals surface area contributed by atoms with E-state index in [-0.39, 0.29) is 25.1 Å². The maximum absolute atomic E-state index is 12.4. The molecule has 1 amide bonds. The first-order chi connectivity index (χ1) is 15.4. The van der Waals surface area contributed by atoms with E-state index in [2.05, 4.69) is 4.90 Å². The number of aliphatic hydroxyl groups is 1. The third-order valence-electron chi connectivity index (χ3n) is 5.67. The summed E-state index contributed by atoms with van der Waals surface area (Å²) in [5.41, 5.74) is 2.33. The van der Waals surface area contributed by atoms with E-state index in [1.165, 1.54) is 0 Å². The Labute approximate surface area is 196 Å². The molecular formula is C23H24Cl2N2O5. The van der Waals surface area contributed by atoms with Crippen molar-refractivity contribution in [3.63, 3.8) is 0 Å². The summed E-state index contributed by atoms with van der Waals surface area (Å²) >= 11 is 11.9. The van der Waals surface area contributed by atoms with Crippen LogP contribution in [0.5, 0.6) is 5.75 Å². The highest BCUT2D eigenvalue weighted by Crippen LogP contribution is 2.30. The number of ether oxygens (including phenoxy) is 2. The van der Waals surface area contributed by atoms with E-state index in [9.17, 15) is 14.7 Å². The van der Waals surface area contributed by atoms with E-state index in [1.54, 1.807) is 29.2 Å². The second kappa shape index (κ2) is 10.1. The molecular weight excluding hydrogens is 455 g/mol. The number of hydrogen-bond donors (Lipinski definition) is 1. The zero-order valence-electron chi connectivity index (χ0n) is 17.4. The predicted octanol–water partition coefficient (Wildman–Crippen LogP) is 3.83. The number of carbonyl (C=O) groups is 2. The maximum Gasteiger partial charge on any atom is 0.410 e. The third kappa shape index (κ3) is 5.72. The van der Waals surface area contributed by atoms with Crippen molar-refractivity contribution in [2.24, 2.45) is 0 Å². The molecule has 1 fully saturated rings. The van der Waals surface area contributed by atoms with Crippen LogP contribution in [-0.2, 0) is 22.6 Å². The average Bonchev–Trinajstić information content (AvgIpc) is 3.14. The molecule has 0 radical (unpaired) electrons. The number of halogens is 2. The summed E-state index contributed by atoms with van der Waals surface area (Å²) in [5.74, 6) is 0.276. The summed E-state index contributed by atoms with van der Waals surface area (Å²) in [6, 6.07) is 10.5. The normalized spacial score (nSPS) is 17.1. The summed E-state index contributed by atoms with van der Waals surface area (Å²) in [6.07, 6.45) is -0.182. The van der Waals surface area contributed by atoms with Crippen LogP contribution in [0.25, 0.3) is 0 Å². The van der Waals surface area contributed by atoms with E-state index in [0.717, 1.165) is 16.7 Å². The van der Waals surface area contributed by atoms with Gasteiger partial charge in [0.25, 0.3) is 0 Å². The SMILES string of the molecule is O=C1Cc2ccc(C(O)CCN3CCN(C(=O)OCc4cc(Cl)cc(Cl)c4)CC3)cc2O1. The van der Waals surface area contributed by atoms with Crippen LogP contribution in [0, 0.1) is 0 Å². The predicted molar refractivity (Wildman–Crippen MR) is 120 cm³/mol. The Morgan fingerprint density at radius 3 is 2.53 bits per heavy atom. The molecule has 0 bridgehead atoms. The van der Waals surface area contributed by atoms with Gasteiger partial charge in [0.15, 0.2) is 0 Å². The first kappa shape index (κ1) is 22.9. The van der Waals surface area contributed by atoms with E-state index in [4.69, 9.17) is 32.7 Å². The van der Waals surface area contributed by atoms with Gasteiger partial charge in [0, 0.05) is 48.3 Å². The van der Waals surface area contributed by atoms with Crippen molar-refractivity contribution in [3.05, 3.63) is 63.1 Å². The van der Waals surface area contributed by atoms with Crippen LogP contribution in [0.4, 0.5) is 4.79 Å². The summed E-state index contributed by atoms with van der Waals surface area (Å²) in [5, 5.41) is 11.5. The van der Waals surface area contributed by atoms with Crippen LogP contribution in [0.15, 0.2) is 36.4 Å². The monoisotopic (exact) mass is 478 g/mol. The number of piperazine rings is 1. The van der Waals surface area contributed by atoms with Gasteiger partial charge >= 0.3 is 12.1 Å². The van der Waals surface area contributed by atoms with Crippen molar-refractivity contribution in [1.29, 1.82) is 0 Å². The Kier molecular flexibility index (Phi) is 7.20. The number of hydrogen-bond acceptors (Lipinski definition) is 6. The lowest BCUT2D eigenvalue weighted by Crippen LogP contribution is -2.49. The van der Waals surface area contributed by atoms with Crippen LogP contribution < -0.4 is 4.74 Å². The third-order valence-corrected chi connectivity index (χ3v) is 6.10. The van der Waals surface area contributed by atoms with Crippen LogP contribution in [0.2, 0.25) is 10.0 Å². The van der Waals surface area contributed by atoms with Gasteiger partial charge in [-0.05, 0) is 41.8 Å². The highest BCUT2D eigenvalue weighted by molar-refractivity contribution is 6.34. The Hall–Kier alpha value is -2.32. The summed E-state index contributed by atoms with van der Waals surface area (Å²) in [4.78, 5) is 27.6. The van der Waals surface area contributed by atoms with Gasteiger partial charge in [0.05, 0.1) is 12.5 Å². The minimum atomic E-state index is -0.646. The number of esters is 1. The lowest BCUT2D eigenvalue weighted by molar-refractivity contribution is -0.131. The zero-order chi connectivity index (χ0) is 22.7. The molecule has 4 rings (SSSR count). The van der Waals surface area contributed by atoms with Crippen LogP contribution in [0.3, 0.4) is 0 Å². The second-order valence-corrected chi connectivity index (χ2v) is 8.86. The van der Waals surface area contributed by atoms with Crippen molar-refractivity contribution in [1.82, 2.24) is 9.80 Å². The molecule has 170 valence electrons. The number of carbonyl (C=O) groups excluding carboxylic acids is 2. The second-order valence-electron chi connectivity index (χ2n) is 7.98. The van der Waals surface area contributed by atoms with E-state index in [0.29, 0.717) is 54.9 Å². The molecule has 0 aromatic heterocycles. The van der Waals surface area contributed by atoms with Gasteiger partial charge < -0.3 is 19.5 Å². The zero-order valence-corrected chi connectivity index (χ0v) is 18.9. The van der Waals surface area contributed by atoms with Gasteiger partial charge in [-0.25, -0.2) is 4.79 Å². The number of amides is 1. The smallest absolute Gasteiger partial charge is 0.410 e. The number of fused-ring (bicyclic) bond motifs is 1. The Balaban J connectivity index is 1.20. The van der Waals surface area contributed by atoms with E-state index < -0.39 is 6.10 Å². The van der Waals surface area contributed by atoms with Crippen LogP contribution >= 0.6 is 23.2 Å². The van der Waals surface area contributed by atoms with Crippen LogP contribution in [-0.4, -0.2) is 59.7 Å². The molecule has 2 aliphatic rings. The number of benzene rings is 2. The first-order valence-electron chi connectivity index (χ1n) is 10.5. The molecule has 0 saturated carbocycles. The molecule has 2 aromatic rings. The van der Waals surface area contributed by atoms with Gasteiger partial charge in [-0.3, -0.25) is 9.69 Å². The molecule has 9 heteroatoms. The summed E-state index contributed by atoms with van der Waals surface area (Å²) < 4.78 is 10.6. The summed E-state index contributed by atoms with van der Waals surface area (Å²) in [7, 11) is 0. The van der Waals surface area contributed by atoms with Crippen molar-refractivity contribution >= 4 is 35.3 Å². The molecule has 1 unspecified atom stereocenters. The highest BCUT2D eigenvalue weighted by atomic mass is 35.5. The molecule has 0 aliphatic carbocycles. The Morgan fingerprint density at radius 1 is 1.09 bits per heavy atom. The van der Waals surface area contributed by atoms with Crippen LogP contribution in [0.1, 0.15) is 29.2 Å². The molecule has 1 saturated heterocycles.